The normalized spacial score (nSPS) is 9.78. The summed E-state index contributed by atoms with van der Waals surface area (Å²) in [6.07, 6.45) is 0. The molecule has 0 saturated heterocycles. The Kier molecular flexibility index (Phi) is 6.07. The number of carbonyl (C=O) groups is 2. The molecule has 1 aromatic carbocycles. The fourth-order valence-electron chi connectivity index (χ4n) is 1.72. The summed E-state index contributed by atoms with van der Waals surface area (Å²) in [4.78, 5) is 24.5. The van der Waals surface area contributed by atoms with Gasteiger partial charge in [0.1, 0.15) is 5.75 Å². The largest absolute Gasteiger partial charge is 0.493 e. The SMILES string of the molecule is CCOc1ccccc1C(=O)NC(=S)NNC(=O)c1cccs1. The number of thiophene rings is 1. The summed E-state index contributed by atoms with van der Waals surface area (Å²) in [5, 5.41) is 4.27. The van der Waals surface area contributed by atoms with Crippen molar-refractivity contribution in [1.82, 2.24) is 16.2 Å². The molecule has 3 N–H and O–H groups in total. The van der Waals surface area contributed by atoms with E-state index in [9.17, 15) is 9.59 Å². The number of thiocarbonyl (C=S) groups is 1. The highest BCUT2D eigenvalue weighted by atomic mass is 32.1. The van der Waals surface area contributed by atoms with Crippen molar-refractivity contribution in [3.63, 3.8) is 0 Å². The molecule has 0 aliphatic heterocycles. The molecule has 2 aromatic rings. The third kappa shape index (κ3) is 4.76. The Balaban J connectivity index is 1.90. The Morgan fingerprint density at radius 2 is 1.91 bits per heavy atom. The van der Waals surface area contributed by atoms with E-state index in [1.807, 2.05) is 6.92 Å². The number of para-hydroxylation sites is 1. The smallest absolute Gasteiger partial charge is 0.279 e. The third-order valence-electron chi connectivity index (χ3n) is 2.69. The van der Waals surface area contributed by atoms with Gasteiger partial charge >= 0.3 is 0 Å². The van der Waals surface area contributed by atoms with Gasteiger partial charge in [-0.05, 0) is 42.7 Å². The van der Waals surface area contributed by atoms with E-state index < -0.39 is 5.91 Å². The molecule has 6 nitrogen and oxygen atoms in total. The van der Waals surface area contributed by atoms with E-state index in [0.717, 1.165) is 0 Å². The van der Waals surface area contributed by atoms with E-state index in [-0.39, 0.29) is 11.0 Å². The van der Waals surface area contributed by atoms with Crippen LogP contribution in [0.2, 0.25) is 0 Å². The first-order chi connectivity index (χ1) is 11.1. The predicted octanol–water partition coefficient (Wildman–Crippen LogP) is 2.10. The molecule has 2 rings (SSSR count). The summed E-state index contributed by atoms with van der Waals surface area (Å²) in [6, 6.07) is 10.3. The second-order valence-corrected chi connectivity index (χ2v) is 5.62. The monoisotopic (exact) mass is 349 g/mol. The quantitative estimate of drug-likeness (QED) is 0.582. The van der Waals surface area contributed by atoms with Crippen LogP contribution in [0.25, 0.3) is 0 Å². The Morgan fingerprint density at radius 3 is 2.61 bits per heavy atom. The molecule has 2 amide bonds. The molecule has 0 unspecified atom stereocenters. The van der Waals surface area contributed by atoms with Crippen molar-refractivity contribution in [1.29, 1.82) is 0 Å². The van der Waals surface area contributed by atoms with Crippen LogP contribution >= 0.6 is 23.6 Å². The molecule has 23 heavy (non-hydrogen) atoms. The summed E-state index contributed by atoms with van der Waals surface area (Å²) in [7, 11) is 0. The average Bonchev–Trinajstić information content (AvgIpc) is 3.08. The Hall–Kier alpha value is -2.45. The van der Waals surface area contributed by atoms with E-state index in [4.69, 9.17) is 17.0 Å². The van der Waals surface area contributed by atoms with Gasteiger partial charge in [-0.3, -0.25) is 25.8 Å². The van der Waals surface area contributed by atoms with Crippen molar-refractivity contribution in [3.05, 3.63) is 52.2 Å². The van der Waals surface area contributed by atoms with Gasteiger partial charge in [-0.15, -0.1) is 11.3 Å². The van der Waals surface area contributed by atoms with Gasteiger partial charge in [0.05, 0.1) is 17.0 Å². The zero-order valence-electron chi connectivity index (χ0n) is 12.3. The van der Waals surface area contributed by atoms with Gasteiger partial charge in [-0.1, -0.05) is 18.2 Å². The lowest BCUT2D eigenvalue weighted by atomic mass is 10.2. The Labute approximate surface area is 142 Å². The van der Waals surface area contributed by atoms with E-state index in [1.54, 1.807) is 41.8 Å². The van der Waals surface area contributed by atoms with E-state index in [0.29, 0.717) is 22.8 Å². The fraction of sp³-hybridized carbons (Fsp3) is 0.133. The Morgan fingerprint density at radius 1 is 1.13 bits per heavy atom. The minimum Gasteiger partial charge on any atom is -0.493 e. The van der Waals surface area contributed by atoms with Crippen molar-refractivity contribution in [3.8, 4) is 5.75 Å². The predicted molar refractivity (Wildman–Crippen MR) is 92.6 cm³/mol. The number of hydrazine groups is 1. The van der Waals surface area contributed by atoms with Crippen LogP contribution in [0.1, 0.15) is 27.0 Å². The topological polar surface area (TPSA) is 79.5 Å². The average molecular weight is 349 g/mol. The molecular weight excluding hydrogens is 334 g/mol. The number of nitrogens with one attached hydrogen (secondary N) is 3. The zero-order valence-corrected chi connectivity index (χ0v) is 13.9. The summed E-state index contributed by atoms with van der Waals surface area (Å²) in [5.74, 6) is -0.277. The van der Waals surface area contributed by atoms with Gasteiger partial charge in [0.25, 0.3) is 11.8 Å². The maximum absolute atomic E-state index is 12.2. The fourth-order valence-corrected chi connectivity index (χ4v) is 2.48. The maximum Gasteiger partial charge on any atom is 0.279 e. The number of hydrogen-bond donors (Lipinski definition) is 3. The first-order valence-electron chi connectivity index (χ1n) is 6.78. The van der Waals surface area contributed by atoms with Gasteiger partial charge in [0.15, 0.2) is 5.11 Å². The lowest BCUT2D eigenvalue weighted by Crippen LogP contribution is -2.48. The second kappa shape index (κ2) is 8.25. The summed E-state index contributed by atoms with van der Waals surface area (Å²) in [5.41, 5.74) is 5.27. The van der Waals surface area contributed by atoms with Gasteiger partial charge < -0.3 is 4.74 Å². The van der Waals surface area contributed by atoms with Crippen molar-refractivity contribution in [2.75, 3.05) is 6.61 Å². The zero-order chi connectivity index (χ0) is 16.7. The van der Waals surface area contributed by atoms with E-state index >= 15 is 0 Å². The van der Waals surface area contributed by atoms with Crippen molar-refractivity contribution in [2.24, 2.45) is 0 Å². The van der Waals surface area contributed by atoms with Gasteiger partial charge in [0, 0.05) is 0 Å². The molecule has 0 radical (unpaired) electrons. The number of rotatable bonds is 4. The molecule has 0 saturated carbocycles. The molecule has 0 aliphatic carbocycles. The molecular formula is C15H15N3O3S2. The summed E-state index contributed by atoms with van der Waals surface area (Å²) < 4.78 is 5.39. The van der Waals surface area contributed by atoms with Crippen molar-refractivity contribution >= 4 is 40.5 Å². The van der Waals surface area contributed by atoms with Crippen LogP contribution in [-0.2, 0) is 0 Å². The van der Waals surface area contributed by atoms with Crippen LogP contribution in [0, 0.1) is 0 Å². The number of benzene rings is 1. The Bertz CT molecular complexity index is 702. The molecule has 120 valence electrons. The van der Waals surface area contributed by atoms with Gasteiger partial charge in [0.2, 0.25) is 0 Å². The maximum atomic E-state index is 12.2. The molecule has 1 heterocycles. The third-order valence-corrected chi connectivity index (χ3v) is 3.77. The van der Waals surface area contributed by atoms with Crippen LogP contribution in [0.4, 0.5) is 0 Å². The van der Waals surface area contributed by atoms with Gasteiger partial charge in [-0.25, -0.2) is 0 Å². The van der Waals surface area contributed by atoms with Gasteiger partial charge in [-0.2, -0.15) is 0 Å². The molecule has 1 aromatic heterocycles. The number of amides is 2. The van der Waals surface area contributed by atoms with Crippen LogP contribution in [0.5, 0.6) is 5.75 Å². The van der Waals surface area contributed by atoms with E-state index in [1.165, 1.54) is 11.3 Å². The molecule has 0 atom stereocenters. The summed E-state index contributed by atoms with van der Waals surface area (Å²) in [6.45, 7) is 2.28. The van der Waals surface area contributed by atoms with Crippen LogP contribution in [0.3, 0.4) is 0 Å². The molecule has 0 bridgehead atoms. The molecule has 0 aliphatic rings. The molecule has 8 heteroatoms. The lowest BCUT2D eigenvalue weighted by Gasteiger charge is -2.12. The minimum atomic E-state index is -0.420. The van der Waals surface area contributed by atoms with Crippen molar-refractivity contribution in [2.45, 2.75) is 6.92 Å². The van der Waals surface area contributed by atoms with E-state index in [2.05, 4.69) is 16.2 Å². The number of hydrogen-bond acceptors (Lipinski definition) is 5. The minimum absolute atomic E-state index is 0.00814. The molecule has 0 spiro atoms. The lowest BCUT2D eigenvalue weighted by molar-refractivity contribution is 0.0937. The van der Waals surface area contributed by atoms with Crippen LogP contribution in [0.15, 0.2) is 41.8 Å². The molecule has 0 fully saturated rings. The highest BCUT2D eigenvalue weighted by Gasteiger charge is 2.13. The highest BCUT2D eigenvalue weighted by Crippen LogP contribution is 2.17. The van der Waals surface area contributed by atoms with Crippen molar-refractivity contribution < 1.29 is 14.3 Å². The number of carbonyl (C=O) groups excluding carboxylic acids is 2. The standard InChI is InChI=1S/C15H15N3O3S2/c1-2-21-11-7-4-3-6-10(11)13(19)16-15(22)18-17-14(20)12-8-5-9-23-12/h3-9H,2H2,1H3,(H,17,20)(H2,16,18,19,22). The first-order valence-corrected chi connectivity index (χ1v) is 8.07. The summed E-state index contributed by atoms with van der Waals surface area (Å²) >= 11 is 6.29. The number of ether oxygens (including phenoxy) is 1. The first kappa shape index (κ1) is 16.9. The highest BCUT2D eigenvalue weighted by molar-refractivity contribution is 7.80. The van der Waals surface area contributed by atoms with Crippen LogP contribution in [-0.4, -0.2) is 23.5 Å². The van der Waals surface area contributed by atoms with Crippen LogP contribution < -0.4 is 20.9 Å². The second-order valence-electron chi connectivity index (χ2n) is 4.27.